The van der Waals surface area contributed by atoms with E-state index in [4.69, 9.17) is 26.0 Å². The molecule has 1 aromatic carbocycles. The van der Waals surface area contributed by atoms with Gasteiger partial charge in [-0.15, -0.1) is 0 Å². The van der Waals surface area contributed by atoms with Crippen LogP contribution in [-0.4, -0.2) is 22.8 Å². The lowest BCUT2D eigenvalue weighted by molar-refractivity contribution is -0.139. The van der Waals surface area contributed by atoms with Crippen molar-refractivity contribution in [1.82, 2.24) is 5.16 Å². The Bertz CT molecular complexity index is 524. The highest BCUT2D eigenvalue weighted by Gasteiger charge is 2.17. The Labute approximate surface area is 102 Å². The summed E-state index contributed by atoms with van der Waals surface area (Å²) in [7, 11) is 0. The standard InChI is InChI=1S/C11H8ClNO4/c12-9-10(7-4-2-1-3-5-7)17-13-11(9)16-6-8(14)15/h1-5H,6H2,(H,14,15). The molecule has 0 unspecified atom stereocenters. The van der Waals surface area contributed by atoms with Gasteiger partial charge in [0.25, 0.3) is 5.88 Å². The second-order valence-corrected chi connectivity index (χ2v) is 3.56. The quantitative estimate of drug-likeness (QED) is 0.906. The largest absolute Gasteiger partial charge is 0.479 e. The fourth-order valence-corrected chi connectivity index (χ4v) is 1.49. The highest BCUT2D eigenvalue weighted by molar-refractivity contribution is 6.34. The minimum Gasteiger partial charge on any atom is -0.479 e. The third-order valence-corrected chi connectivity index (χ3v) is 2.31. The second-order valence-electron chi connectivity index (χ2n) is 3.18. The van der Waals surface area contributed by atoms with Gasteiger partial charge in [-0.25, -0.2) is 4.79 Å². The zero-order chi connectivity index (χ0) is 12.3. The molecule has 0 bridgehead atoms. The van der Waals surface area contributed by atoms with E-state index in [1.54, 1.807) is 12.1 Å². The first-order valence-electron chi connectivity index (χ1n) is 4.73. The number of carboxylic acids is 1. The van der Waals surface area contributed by atoms with E-state index >= 15 is 0 Å². The van der Waals surface area contributed by atoms with Gasteiger partial charge in [-0.1, -0.05) is 41.9 Å². The molecule has 0 saturated carbocycles. The van der Waals surface area contributed by atoms with E-state index in [1.165, 1.54) is 0 Å². The van der Waals surface area contributed by atoms with Crippen LogP contribution in [-0.2, 0) is 4.79 Å². The maximum Gasteiger partial charge on any atom is 0.341 e. The van der Waals surface area contributed by atoms with Gasteiger partial charge in [-0.3, -0.25) is 0 Å². The molecule has 1 heterocycles. The zero-order valence-corrected chi connectivity index (χ0v) is 9.35. The Hall–Kier alpha value is -2.01. The number of hydrogen-bond donors (Lipinski definition) is 1. The highest BCUT2D eigenvalue weighted by atomic mass is 35.5. The van der Waals surface area contributed by atoms with Crippen molar-refractivity contribution in [3.05, 3.63) is 35.4 Å². The number of carbonyl (C=O) groups is 1. The van der Waals surface area contributed by atoms with Gasteiger partial charge in [-0.2, -0.15) is 0 Å². The van der Waals surface area contributed by atoms with E-state index in [-0.39, 0.29) is 10.9 Å². The third-order valence-electron chi connectivity index (χ3n) is 1.98. The van der Waals surface area contributed by atoms with Crippen LogP contribution < -0.4 is 4.74 Å². The topological polar surface area (TPSA) is 72.6 Å². The predicted molar refractivity (Wildman–Crippen MR) is 60.1 cm³/mol. The number of aliphatic carboxylic acids is 1. The first-order chi connectivity index (χ1) is 8.18. The molecule has 1 N–H and O–H groups in total. The lowest BCUT2D eigenvalue weighted by Gasteiger charge is -1.97. The van der Waals surface area contributed by atoms with E-state index in [1.807, 2.05) is 18.2 Å². The maximum absolute atomic E-state index is 10.3. The molecule has 88 valence electrons. The lowest BCUT2D eigenvalue weighted by atomic mass is 10.2. The van der Waals surface area contributed by atoms with Crippen LogP contribution in [0.15, 0.2) is 34.9 Å². The van der Waals surface area contributed by atoms with Gasteiger partial charge in [0.1, 0.15) is 0 Å². The van der Waals surface area contributed by atoms with Crippen molar-refractivity contribution in [3.8, 4) is 17.2 Å². The summed E-state index contributed by atoms with van der Waals surface area (Å²) in [6.07, 6.45) is 0. The Morgan fingerprint density at radius 1 is 1.41 bits per heavy atom. The average molecular weight is 254 g/mol. The van der Waals surface area contributed by atoms with Gasteiger partial charge in [0.2, 0.25) is 0 Å². The van der Waals surface area contributed by atoms with Crippen LogP contribution >= 0.6 is 11.6 Å². The average Bonchev–Trinajstić information content (AvgIpc) is 2.69. The molecule has 0 fully saturated rings. The molecule has 2 rings (SSSR count). The molecule has 0 aliphatic rings. The molecule has 17 heavy (non-hydrogen) atoms. The van der Waals surface area contributed by atoms with Crippen molar-refractivity contribution in [2.75, 3.05) is 6.61 Å². The number of halogens is 1. The summed E-state index contributed by atoms with van der Waals surface area (Å²) >= 11 is 5.97. The van der Waals surface area contributed by atoms with E-state index < -0.39 is 12.6 Å². The first kappa shape index (κ1) is 11.5. The maximum atomic E-state index is 10.3. The fraction of sp³-hybridized carbons (Fsp3) is 0.0909. The van der Waals surface area contributed by atoms with E-state index in [0.29, 0.717) is 5.76 Å². The fourth-order valence-electron chi connectivity index (χ4n) is 1.25. The molecule has 6 heteroatoms. The highest BCUT2D eigenvalue weighted by Crippen LogP contribution is 2.34. The summed E-state index contributed by atoms with van der Waals surface area (Å²) in [5.74, 6) is -0.772. The van der Waals surface area contributed by atoms with Crippen LogP contribution in [0, 0.1) is 0 Å². The monoisotopic (exact) mass is 253 g/mol. The smallest absolute Gasteiger partial charge is 0.341 e. The van der Waals surface area contributed by atoms with Crippen LogP contribution in [0.4, 0.5) is 0 Å². The minimum atomic E-state index is -1.11. The van der Waals surface area contributed by atoms with Crippen LogP contribution in [0.2, 0.25) is 5.02 Å². The number of carboxylic acid groups (broad SMARTS) is 1. The number of benzene rings is 1. The van der Waals surface area contributed by atoms with Crippen molar-refractivity contribution in [1.29, 1.82) is 0 Å². The van der Waals surface area contributed by atoms with Crippen LogP contribution in [0.5, 0.6) is 5.88 Å². The summed E-state index contributed by atoms with van der Waals surface area (Å²) in [6, 6.07) is 9.11. The number of rotatable bonds is 4. The zero-order valence-electron chi connectivity index (χ0n) is 8.59. The summed E-state index contributed by atoms with van der Waals surface area (Å²) in [5.41, 5.74) is 0.746. The summed E-state index contributed by atoms with van der Waals surface area (Å²) in [6.45, 7) is -0.513. The van der Waals surface area contributed by atoms with Crippen molar-refractivity contribution < 1.29 is 19.2 Å². The Morgan fingerprint density at radius 3 is 2.76 bits per heavy atom. The molecule has 0 aliphatic carbocycles. The Morgan fingerprint density at radius 2 is 2.12 bits per heavy atom. The van der Waals surface area contributed by atoms with Crippen molar-refractivity contribution in [2.24, 2.45) is 0 Å². The summed E-state index contributed by atoms with van der Waals surface area (Å²) < 4.78 is 9.88. The predicted octanol–water partition coefficient (Wildman–Crippen LogP) is 2.46. The molecule has 5 nitrogen and oxygen atoms in total. The van der Waals surface area contributed by atoms with Gasteiger partial charge in [0, 0.05) is 5.56 Å². The first-order valence-corrected chi connectivity index (χ1v) is 5.11. The van der Waals surface area contributed by atoms with Crippen LogP contribution in [0.1, 0.15) is 0 Å². The van der Waals surface area contributed by atoms with E-state index in [9.17, 15) is 4.79 Å². The number of hydrogen-bond acceptors (Lipinski definition) is 4. The second kappa shape index (κ2) is 4.88. The SMILES string of the molecule is O=C(O)COc1noc(-c2ccccc2)c1Cl. The van der Waals surface area contributed by atoms with E-state index in [0.717, 1.165) is 5.56 Å². The van der Waals surface area contributed by atoms with Gasteiger partial charge in [0.05, 0.1) is 0 Å². The van der Waals surface area contributed by atoms with Crippen LogP contribution in [0.3, 0.4) is 0 Å². The van der Waals surface area contributed by atoms with Crippen LogP contribution in [0.25, 0.3) is 11.3 Å². The van der Waals surface area contributed by atoms with Crippen molar-refractivity contribution >= 4 is 17.6 Å². The molecule has 0 radical (unpaired) electrons. The molecule has 0 atom stereocenters. The van der Waals surface area contributed by atoms with Crippen molar-refractivity contribution in [2.45, 2.75) is 0 Å². The Balaban J connectivity index is 2.24. The van der Waals surface area contributed by atoms with Crippen molar-refractivity contribution in [3.63, 3.8) is 0 Å². The molecule has 0 amide bonds. The van der Waals surface area contributed by atoms with Gasteiger partial charge in [-0.05, 0) is 5.16 Å². The molecular weight excluding hydrogens is 246 g/mol. The molecular formula is C11H8ClNO4. The summed E-state index contributed by atoms with van der Waals surface area (Å²) in [4.78, 5) is 10.3. The molecule has 2 aromatic rings. The molecule has 0 spiro atoms. The van der Waals surface area contributed by atoms with E-state index in [2.05, 4.69) is 5.16 Å². The van der Waals surface area contributed by atoms with Gasteiger partial charge in [0.15, 0.2) is 17.4 Å². The van der Waals surface area contributed by atoms with Gasteiger partial charge >= 0.3 is 5.97 Å². The number of ether oxygens (including phenoxy) is 1. The summed E-state index contributed by atoms with van der Waals surface area (Å²) in [5, 5.41) is 12.2. The molecule has 1 aromatic heterocycles. The normalized spacial score (nSPS) is 10.2. The minimum absolute atomic E-state index is 0.0204. The number of nitrogens with zero attached hydrogens (tertiary/aromatic N) is 1. The number of aromatic nitrogens is 1. The molecule has 0 saturated heterocycles. The third kappa shape index (κ3) is 2.57. The van der Waals surface area contributed by atoms with Gasteiger partial charge < -0.3 is 14.4 Å². The Kier molecular flexibility index (Phi) is 3.30. The molecule has 0 aliphatic heterocycles. The lowest BCUT2D eigenvalue weighted by Crippen LogP contribution is -2.09.